The SMILES string of the molecule is CCOC(=O)c1sc(N)c(C#N)c1COC(=O)/C=C/c1nc2ccccc2s1. The average Bonchev–Trinajstić information content (AvgIpc) is 3.24. The van der Waals surface area contributed by atoms with E-state index in [1.807, 2.05) is 30.3 Å². The molecule has 0 aliphatic rings. The lowest BCUT2D eigenvalue weighted by Gasteiger charge is -2.05. The Hall–Kier alpha value is -3.22. The number of thiophene rings is 1. The molecule has 0 unspecified atom stereocenters. The van der Waals surface area contributed by atoms with Crippen LogP contribution in [0.25, 0.3) is 16.3 Å². The fourth-order valence-corrected chi connectivity index (χ4v) is 4.19. The minimum atomic E-state index is -0.622. The minimum absolute atomic E-state index is 0.121. The van der Waals surface area contributed by atoms with E-state index >= 15 is 0 Å². The fourth-order valence-electron chi connectivity index (χ4n) is 2.40. The second-order valence-corrected chi connectivity index (χ2v) is 7.56. The molecule has 1 aromatic carbocycles. The summed E-state index contributed by atoms with van der Waals surface area (Å²) in [6, 6.07) is 9.59. The molecule has 0 fully saturated rings. The van der Waals surface area contributed by atoms with E-state index in [4.69, 9.17) is 15.2 Å². The van der Waals surface area contributed by atoms with Crippen LogP contribution in [-0.2, 0) is 20.9 Å². The molecule has 28 heavy (non-hydrogen) atoms. The Labute approximate surface area is 168 Å². The van der Waals surface area contributed by atoms with Gasteiger partial charge in [0, 0.05) is 11.6 Å². The van der Waals surface area contributed by atoms with E-state index in [0.717, 1.165) is 21.6 Å². The van der Waals surface area contributed by atoms with E-state index in [0.29, 0.717) is 5.01 Å². The maximum absolute atomic E-state index is 12.1. The van der Waals surface area contributed by atoms with E-state index in [9.17, 15) is 14.9 Å². The largest absolute Gasteiger partial charge is 0.462 e. The van der Waals surface area contributed by atoms with Crippen molar-refractivity contribution in [3.63, 3.8) is 0 Å². The Morgan fingerprint density at radius 3 is 2.79 bits per heavy atom. The standard InChI is InChI=1S/C19H15N3O4S2/c1-2-25-19(24)17-12(11(9-20)18(21)28-17)10-26-16(23)8-7-15-22-13-5-3-4-6-14(13)27-15/h3-8H,2,10,21H2,1H3/b8-7+. The first-order valence-corrected chi connectivity index (χ1v) is 9.85. The quantitative estimate of drug-likeness (QED) is 0.483. The Balaban J connectivity index is 1.72. The number of carbonyl (C=O) groups is 2. The molecule has 3 rings (SSSR count). The lowest BCUT2D eigenvalue weighted by molar-refractivity contribution is -0.138. The van der Waals surface area contributed by atoms with Crippen LogP contribution in [0.2, 0.25) is 0 Å². The number of anilines is 1. The first-order chi connectivity index (χ1) is 13.5. The predicted octanol–water partition coefficient (Wildman–Crippen LogP) is 3.74. The normalized spacial score (nSPS) is 10.9. The second-order valence-electron chi connectivity index (χ2n) is 5.44. The Morgan fingerprint density at radius 2 is 2.07 bits per heavy atom. The number of hydrogen-bond acceptors (Lipinski definition) is 9. The number of nitrogens with two attached hydrogens (primary N) is 1. The smallest absolute Gasteiger partial charge is 0.348 e. The van der Waals surface area contributed by atoms with Crippen LogP contribution < -0.4 is 5.73 Å². The zero-order chi connectivity index (χ0) is 20.1. The number of nitrogens with zero attached hydrogens (tertiary/aromatic N) is 2. The van der Waals surface area contributed by atoms with Gasteiger partial charge in [0.2, 0.25) is 0 Å². The number of carbonyl (C=O) groups excluding carboxylic acids is 2. The highest BCUT2D eigenvalue weighted by molar-refractivity contribution is 7.19. The van der Waals surface area contributed by atoms with Gasteiger partial charge in [-0.3, -0.25) is 0 Å². The van der Waals surface area contributed by atoms with Crippen LogP contribution in [0.5, 0.6) is 0 Å². The van der Waals surface area contributed by atoms with Gasteiger partial charge in [0.05, 0.1) is 22.4 Å². The lowest BCUT2D eigenvalue weighted by Crippen LogP contribution is -2.08. The van der Waals surface area contributed by atoms with Gasteiger partial charge in [-0.25, -0.2) is 14.6 Å². The third-order valence-corrected chi connectivity index (χ3v) is 5.68. The minimum Gasteiger partial charge on any atom is -0.462 e. The van der Waals surface area contributed by atoms with Gasteiger partial charge in [-0.2, -0.15) is 5.26 Å². The summed E-state index contributed by atoms with van der Waals surface area (Å²) in [5.41, 5.74) is 7.02. The highest BCUT2D eigenvalue weighted by Crippen LogP contribution is 2.32. The molecule has 0 saturated carbocycles. The van der Waals surface area contributed by atoms with Gasteiger partial charge in [0.1, 0.15) is 27.6 Å². The molecule has 0 amide bonds. The molecular formula is C19H15N3O4S2. The van der Waals surface area contributed by atoms with Gasteiger partial charge in [0.15, 0.2) is 0 Å². The molecule has 0 atom stereocenters. The summed E-state index contributed by atoms with van der Waals surface area (Å²) in [6.07, 6.45) is 2.82. The zero-order valence-corrected chi connectivity index (χ0v) is 16.4. The highest BCUT2D eigenvalue weighted by Gasteiger charge is 2.23. The maximum Gasteiger partial charge on any atom is 0.348 e. The van der Waals surface area contributed by atoms with E-state index in [2.05, 4.69) is 4.98 Å². The number of ether oxygens (including phenoxy) is 2. The van der Waals surface area contributed by atoms with Gasteiger partial charge < -0.3 is 15.2 Å². The third kappa shape index (κ3) is 4.19. The van der Waals surface area contributed by atoms with Gasteiger partial charge in [-0.05, 0) is 25.1 Å². The van der Waals surface area contributed by atoms with E-state index in [1.54, 1.807) is 13.0 Å². The van der Waals surface area contributed by atoms with Gasteiger partial charge >= 0.3 is 11.9 Å². The third-order valence-electron chi connectivity index (χ3n) is 3.64. The van der Waals surface area contributed by atoms with Crippen molar-refractivity contribution in [2.45, 2.75) is 13.5 Å². The number of nitrogen functional groups attached to an aromatic ring is 1. The van der Waals surface area contributed by atoms with Gasteiger partial charge in [0.25, 0.3) is 0 Å². The van der Waals surface area contributed by atoms with E-state index < -0.39 is 11.9 Å². The molecule has 0 aliphatic carbocycles. The van der Waals surface area contributed by atoms with Crippen molar-refractivity contribution in [3.05, 3.63) is 51.4 Å². The molecule has 2 aromatic heterocycles. The Morgan fingerprint density at radius 1 is 1.29 bits per heavy atom. The summed E-state index contributed by atoms with van der Waals surface area (Å²) in [5.74, 6) is -1.22. The van der Waals surface area contributed by atoms with Crippen LogP contribution in [0.4, 0.5) is 5.00 Å². The summed E-state index contributed by atoms with van der Waals surface area (Å²) in [4.78, 5) is 28.7. The van der Waals surface area contributed by atoms with Crippen LogP contribution in [0.3, 0.4) is 0 Å². The van der Waals surface area contributed by atoms with Crippen molar-refractivity contribution in [3.8, 4) is 6.07 Å². The van der Waals surface area contributed by atoms with Crippen molar-refractivity contribution < 1.29 is 19.1 Å². The number of aromatic nitrogens is 1. The van der Waals surface area contributed by atoms with Crippen LogP contribution >= 0.6 is 22.7 Å². The number of esters is 2. The number of hydrogen-bond donors (Lipinski definition) is 1. The number of thiazole rings is 1. The molecule has 2 heterocycles. The number of fused-ring (bicyclic) bond motifs is 1. The molecule has 0 saturated heterocycles. The first kappa shape index (κ1) is 19.5. The number of rotatable bonds is 6. The Bertz CT molecular complexity index is 1080. The van der Waals surface area contributed by atoms with Gasteiger partial charge in [-0.1, -0.05) is 12.1 Å². The molecule has 0 radical (unpaired) electrons. The number of para-hydroxylation sites is 1. The monoisotopic (exact) mass is 413 g/mol. The zero-order valence-electron chi connectivity index (χ0n) is 14.8. The van der Waals surface area contributed by atoms with Crippen LogP contribution in [0.1, 0.15) is 32.7 Å². The first-order valence-electron chi connectivity index (χ1n) is 8.22. The summed E-state index contributed by atoms with van der Waals surface area (Å²) in [6.45, 7) is 1.60. The average molecular weight is 413 g/mol. The molecular weight excluding hydrogens is 398 g/mol. The number of benzene rings is 1. The lowest BCUT2D eigenvalue weighted by atomic mass is 10.1. The predicted molar refractivity (Wildman–Crippen MR) is 108 cm³/mol. The molecule has 7 nitrogen and oxygen atoms in total. The topological polar surface area (TPSA) is 115 Å². The molecule has 0 bridgehead atoms. The second kappa shape index (κ2) is 8.65. The summed E-state index contributed by atoms with van der Waals surface area (Å²) < 4.78 is 11.2. The molecule has 0 spiro atoms. The van der Waals surface area contributed by atoms with Crippen molar-refractivity contribution in [2.24, 2.45) is 0 Å². The fraction of sp³-hybridized carbons (Fsp3) is 0.158. The van der Waals surface area contributed by atoms with E-state index in [1.165, 1.54) is 17.4 Å². The van der Waals surface area contributed by atoms with Crippen LogP contribution in [0.15, 0.2) is 30.3 Å². The van der Waals surface area contributed by atoms with Crippen LogP contribution in [-0.4, -0.2) is 23.5 Å². The maximum atomic E-state index is 12.1. The summed E-state index contributed by atoms with van der Waals surface area (Å²) >= 11 is 2.39. The van der Waals surface area contributed by atoms with Crippen molar-refractivity contribution in [1.82, 2.24) is 4.98 Å². The van der Waals surface area contributed by atoms with Crippen molar-refractivity contribution in [1.29, 1.82) is 5.26 Å². The molecule has 142 valence electrons. The van der Waals surface area contributed by atoms with Gasteiger partial charge in [-0.15, -0.1) is 22.7 Å². The van der Waals surface area contributed by atoms with E-state index in [-0.39, 0.29) is 34.2 Å². The summed E-state index contributed by atoms with van der Waals surface area (Å²) in [5, 5.41) is 10.1. The molecule has 3 aromatic rings. The highest BCUT2D eigenvalue weighted by atomic mass is 32.1. The molecule has 2 N–H and O–H groups in total. The van der Waals surface area contributed by atoms with Crippen molar-refractivity contribution in [2.75, 3.05) is 12.3 Å². The van der Waals surface area contributed by atoms with Crippen molar-refractivity contribution >= 4 is 55.9 Å². The van der Waals surface area contributed by atoms with Crippen LogP contribution in [0, 0.1) is 11.3 Å². The number of nitriles is 1. The molecule has 9 heteroatoms. The summed E-state index contributed by atoms with van der Waals surface area (Å²) in [7, 11) is 0. The molecule has 0 aliphatic heterocycles. The Kier molecular flexibility index (Phi) is 6.03.